The van der Waals surface area contributed by atoms with Gasteiger partial charge in [-0.15, -0.1) is 0 Å². The van der Waals surface area contributed by atoms with Crippen LogP contribution >= 0.6 is 15.9 Å². The van der Waals surface area contributed by atoms with Crippen LogP contribution in [0.15, 0.2) is 53.0 Å². The molecule has 5 heteroatoms. The van der Waals surface area contributed by atoms with E-state index in [-0.39, 0.29) is 12.4 Å². The Labute approximate surface area is 129 Å². The van der Waals surface area contributed by atoms with E-state index in [1.807, 2.05) is 30.3 Å². The highest BCUT2D eigenvalue weighted by atomic mass is 79.9. The third kappa shape index (κ3) is 2.97. The molecule has 0 aliphatic rings. The van der Waals surface area contributed by atoms with Gasteiger partial charge in [0.05, 0.1) is 9.99 Å². The quantitative estimate of drug-likeness (QED) is 0.769. The van der Waals surface area contributed by atoms with Gasteiger partial charge in [0.2, 0.25) is 0 Å². The zero-order valence-corrected chi connectivity index (χ0v) is 12.6. The second-order valence-corrected chi connectivity index (χ2v) is 5.44. The van der Waals surface area contributed by atoms with Gasteiger partial charge in [-0.1, -0.05) is 18.2 Å². The minimum atomic E-state index is -0.364. The van der Waals surface area contributed by atoms with Crippen LogP contribution in [0.25, 0.3) is 10.9 Å². The van der Waals surface area contributed by atoms with Crippen LogP contribution in [0.3, 0.4) is 0 Å². The number of benzene rings is 2. The molecule has 0 fully saturated rings. The zero-order valence-electron chi connectivity index (χ0n) is 11.0. The lowest BCUT2D eigenvalue weighted by Gasteiger charge is -2.10. The van der Waals surface area contributed by atoms with Crippen LogP contribution < -0.4 is 10.5 Å². The van der Waals surface area contributed by atoms with E-state index in [4.69, 9.17) is 10.5 Å². The zero-order chi connectivity index (χ0) is 14.8. The standard InChI is InChI=1S/C16H12BrFN2O/c17-13-6-5-12(8-14(13)18)21-9-11-7-10-3-1-2-4-15(10)20-16(11)19/h1-8H,9H2,(H2,19,20). The predicted molar refractivity (Wildman–Crippen MR) is 84.6 cm³/mol. The first-order chi connectivity index (χ1) is 10.1. The molecule has 0 spiro atoms. The smallest absolute Gasteiger partial charge is 0.141 e. The molecular formula is C16H12BrFN2O. The summed E-state index contributed by atoms with van der Waals surface area (Å²) in [6.45, 7) is 0.241. The highest BCUT2D eigenvalue weighted by Gasteiger charge is 2.06. The Bertz CT molecular complexity index is 807. The summed E-state index contributed by atoms with van der Waals surface area (Å²) in [4.78, 5) is 4.34. The van der Waals surface area contributed by atoms with Crippen LogP contribution in [0.4, 0.5) is 10.2 Å². The van der Waals surface area contributed by atoms with Gasteiger partial charge in [0.25, 0.3) is 0 Å². The third-order valence-corrected chi connectivity index (χ3v) is 3.76. The number of fused-ring (bicyclic) bond motifs is 1. The van der Waals surface area contributed by atoms with E-state index < -0.39 is 0 Å². The maximum Gasteiger partial charge on any atom is 0.141 e. The first kappa shape index (κ1) is 13.8. The average Bonchev–Trinajstić information content (AvgIpc) is 2.48. The van der Waals surface area contributed by atoms with Gasteiger partial charge >= 0.3 is 0 Å². The fourth-order valence-corrected chi connectivity index (χ4v) is 2.26. The summed E-state index contributed by atoms with van der Waals surface area (Å²) < 4.78 is 19.4. The van der Waals surface area contributed by atoms with Gasteiger partial charge in [-0.25, -0.2) is 9.37 Å². The summed E-state index contributed by atoms with van der Waals surface area (Å²) >= 11 is 3.10. The molecule has 3 nitrogen and oxygen atoms in total. The number of para-hydroxylation sites is 1. The number of nitrogens with zero attached hydrogens (tertiary/aromatic N) is 1. The predicted octanol–water partition coefficient (Wildman–Crippen LogP) is 4.30. The van der Waals surface area contributed by atoms with Gasteiger partial charge < -0.3 is 10.5 Å². The molecule has 106 valence electrons. The van der Waals surface area contributed by atoms with E-state index in [0.717, 1.165) is 16.5 Å². The van der Waals surface area contributed by atoms with Crippen molar-refractivity contribution in [1.82, 2.24) is 4.98 Å². The average molecular weight is 347 g/mol. The van der Waals surface area contributed by atoms with Crippen molar-refractivity contribution in [1.29, 1.82) is 0 Å². The van der Waals surface area contributed by atoms with E-state index in [9.17, 15) is 4.39 Å². The van der Waals surface area contributed by atoms with Gasteiger partial charge in [-0.3, -0.25) is 0 Å². The number of ether oxygens (including phenoxy) is 1. The van der Waals surface area contributed by atoms with Gasteiger partial charge in [0, 0.05) is 17.0 Å². The Morgan fingerprint density at radius 3 is 2.76 bits per heavy atom. The largest absolute Gasteiger partial charge is 0.489 e. The lowest BCUT2D eigenvalue weighted by Crippen LogP contribution is -2.03. The molecule has 0 amide bonds. The second-order valence-electron chi connectivity index (χ2n) is 4.59. The van der Waals surface area contributed by atoms with Crippen LogP contribution in [0.2, 0.25) is 0 Å². The van der Waals surface area contributed by atoms with Crippen LogP contribution in [0, 0.1) is 5.82 Å². The highest BCUT2D eigenvalue weighted by molar-refractivity contribution is 9.10. The summed E-state index contributed by atoms with van der Waals surface area (Å²) in [5.41, 5.74) is 7.55. The van der Waals surface area contributed by atoms with E-state index >= 15 is 0 Å². The molecule has 0 atom stereocenters. The summed E-state index contributed by atoms with van der Waals surface area (Å²) in [5.74, 6) is 0.506. The van der Waals surface area contributed by atoms with E-state index in [1.54, 1.807) is 12.1 Å². The van der Waals surface area contributed by atoms with Crippen molar-refractivity contribution in [2.75, 3.05) is 5.73 Å². The molecule has 2 aromatic carbocycles. The van der Waals surface area contributed by atoms with E-state index in [0.29, 0.717) is 16.0 Å². The number of halogens is 2. The fraction of sp³-hybridized carbons (Fsp3) is 0.0625. The van der Waals surface area contributed by atoms with Crippen molar-refractivity contribution < 1.29 is 9.13 Å². The van der Waals surface area contributed by atoms with E-state index in [1.165, 1.54) is 6.07 Å². The molecule has 0 saturated heterocycles. The number of pyridine rings is 1. The number of anilines is 1. The Morgan fingerprint density at radius 2 is 1.95 bits per heavy atom. The van der Waals surface area contributed by atoms with E-state index in [2.05, 4.69) is 20.9 Å². The molecular weight excluding hydrogens is 335 g/mol. The van der Waals surface area contributed by atoms with Crippen LogP contribution in [0.5, 0.6) is 5.75 Å². The molecule has 3 aromatic rings. The number of hydrogen-bond donors (Lipinski definition) is 1. The maximum atomic E-state index is 13.4. The first-order valence-corrected chi connectivity index (χ1v) is 7.15. The summed E-state index contributed by atoms with van der Waals surface area (Å²) in [5, 5.41) is 0.993. The molecule has 0 aliphatic heterocycles. The molecule has 0 radical (unpaired) electrons. The first-order valence-electron chi connectivity index (χ1n) is 6.35. The molecule has 2 N–H and O–H groups in total. The van der Waals surface area contributed by atoms with Crippen LogP contribution in [0.1, 0.15) is 5.56 Å². The second kappa shape index (κ2) is 5.69. The number of nitrogens with two attached hydrogens (primary N) is 1. The van der Waals surface area contributed by atoms with Crippen molar-refractivity contribution in [3.63, 3.8) is 0 Å². The number of hydrogen-bond acceptors (Lipinski definition) is 3. The molecule has 21 heavy (non-hydrogen) atoms. The number of nitrogen functional groups attached to an aromatic ring is 1. The topological polar surface area (TPSA) is 48.1 Å². The van der Waals surface area contributed by atoms with Gasteiger partial charge in [0.1, 0.15) is 24.0 Å². The van der Waals surface area contributed by atoms with Gasteiger partial charge in [-0.2, -0.15) is 0 Å². The molecule has 0 saturated carbocycles. The Kier molecular flexibility index (Phi) is 3.75. The number of aromatic nitrogens is 1. The van der Waals surface area contributed by atoms with Crippen LogP contribution in [-0.4, -0.2) is 4.98 Å². The van der Waals surface area contributed by atoms with Crippen molar-refractivity contribution >= 4 is 32.7 Å². The SMILES string of the molecule is Nc1nc2ccccc2cc1COc1ccc(Br)c(F)c1. The Balaban J connectivity index is 1.84. The molecule has 0 aliphatic carbocycles. The highest BCUT2D eigenvalue weighted by Crippen LogP contribution is 2.23. The van der Waals surface area contributed by atoms with Crippen LogP contribution in [-0.2, 0) is 6.61 Å². The van der Waals surface area contributed by atoms with Gasteiger partial charge in [0.15, 0.2) is 0 Å². The summed E-state index contributed by atoms with van der Waals surface area (Å²) in [6.07, 6.45) is 0. The molecule has 3 rings (SSSR count). The minimum Gasteiger partial charge on any atom is -0.489 e. The maximum absolute atomic E-state index is 13.4. The Hall–Kier alpha value is -2.14. The molecule has 0 unspecified atom stereocenters. The monoisotopic (exact) mass is 346 g/mol. The minimum absolute atomic E-state index is 0.241. The van der Waals surface area contributed by atoms with Gasteiger partial charge in [-0.05, 0) is 40.2 Å². The number of rotatable bonds is 3. The Morgan fingerprint density at radius 1 is 1.14 bits per heavy atom. The summed E-state index contributed by atoms with van der Waals surface area (Å²) in [7, 11) is 0. The molecule has 1 heterocycles. The third-order valence-electron chi connectivity index (χ3n) is 3.12. The van der Waals surface area contributed by atoms with Crippen molar-refractivity contribution in [2.24, 2.45) is 0 Å². The molecule has 0 bridgehead atoms. The molecule has 1 aromatic heterocycles. The lowest BCUT2D eigenvalue weighted by atomic mass is 10.1. The normalized spacial score (nSPS) is 10.8. The lowest BCUT2D eigenvalue weighted by molar-refractivity contribution is 0.305. The fourth-order valence-electron chi connectivity index (χ4n) is 2.02. The van der Waals surface area contributed by atoms with Crippen molar-refractivity contribution in [2.45, 2.75) is 6.61 Å². The van der Waals surface area contributed by atoms with Crippen molar-refractivity contribution in [3.05, 3.63) is 64.4 Å². The van der Waals surface area contributed by atoms with Crippen molar-refractivity contribution in [3.8, 4) is 5.75 Å². The summed E-state index contributed by atoms with van der Waals surface area (Å²) in [6, 6.07) is 14.3.